The summed E-state index contributed by atoms with van der Waals surface area (Å²) < 4.78 is 28.3. The summed E-state index contributed by atoms with van der Waals surface area (Å²) >= 11 is 0. The van der Waals surface area contributed by atoms with Gasteiger partial charge < -0.3 is 15.5 Å². The van der Waals surface area contributed by atoms with Gasteiger partial charge in [-0.25, -0.2) is 8.78 Å². The van der Waals surface area contributed by atoms with Crippen molar-refractivity contribution in [3.63, 3.8) is 0 Å². The Hall–Kier alpha value is -1.53. The zero-order chi connectivity index (χ0) is 17.0. The van der Waals surface area contributed by atoms with Gasteiger partial charge in [0.25, 0.3) is 0 Å². The lowest BCUT2D eigenvalue weighted by atomic mass is 9.75. The van der Waals surface area contributed by atoms with Crippen LogP contribution in [0.25, 0.3) is 0 Å². The average Bonchev–Trinajstić information content (AvgIpc) is 2.74. The Balaban J connectivity index is 2.59. The molecule has 0 saturated carbocycles. The van der Waals surface area contributed by atoms with Crippen LogP contribution in [0.2, 0.25) is 0 Å². The maximum atomic E-state index is 14.6. The van der Waals surface area contributed by atoms with E-state index in [1.165, 1.54) is 6.07 Å². The van der Waals surface area contributed by atoms with Crippen molar-refractivity contribution in [1.82, 2.24) is 10.6 Å². The highest BCUT2D eigenvalue weighted by molar-refractivity contribution is 6.08. The number of fused-ring (bicyclic) bond motifs is 1. The first-order valence-corrected chi connectivity index (χ1v) is 8.12. The summed E-state index contributed by atoms with van der Waals surface area (Å²) in [5, 5.41) is 6.07. The lowest BCUT2D eigenvalue weighted by molar-refractivity contribution is -0.123. The number of rotatable bonds is 8. The molecule has 1 aromatic rings. The predicted octanol–water partition coefficient (Wildman–Crippen LogP) is 2.18. The molecular formula is C17H25F2N3O. The second-order valence-electron chi connectivity index (χ2n) is 6.03. The quantitative estimate of drug-likeness (QED) is 0.770. The van der Waals surface area contributed by atoms with Gasteiger partial charge in [-0.2, -0.15) is 0 Å². The Bertz CT molecular complexity index is 569. The van der Waals surface area contributed by atoms with Crippen LogP contribution < -0.4 is 15.5 Å². The number of hydrogen-bond donors (Lipinski definition) is 2. The number of nitrogens with one attached hydrogen (secondary N) is 2. The lowest BCUT2D eigenvalue weighted by Crippen LogP contribution is -2.44. The van der Waals surface area contributed by atoms with Crippen LogP contribution in [0.1, 0.15) is 31.7 Å². The summed E-state index contributed by atoms with van der Waals surface area (Å²) in [5.74, 6) is -1.39. The number of hydrogen-bond acceptors (Lipinski definition) is 3. The molecule has 0 aromatic heterocycles. The summed E-state index contributed by atoms with van der Waals surface area (Å²) in [6.07, 6.45) is 1.71. The first kappa shape index (κ1) is 17.8. The van der Waals surface area contributed by atoms with Gasteiger partial charge in [0, 0.05) is 18.2 Å². The van der Waals surface area contributed by atoms with E-state index in [0.29, 0.717) is 43.7 Å². The minimum atomic E-state index is -0.936. The molecule has 0 fully saturated rings. The van der Waals surface area contributed by atoms with Gasteiger partial charge in [0.1, 0.15) is 11.6 Å². The second-order valence-corrected chi connectivity index (χ2v) is 6.03. The van der Waals surface area contributed by atoms with Crippen molar-refractivity contribution in [3.8, 4) is 0 Å². The van der Waals surface area contributed by atoms with Crippen molar-refractivity contribution in [2.75, 3.05) is 38.6 Å². The maximum absolute atomic E-state index is 14.6. The minimum absolute atomic E-state index is 0.121. The van der Waals surface area contributed by atoms with Crippen LogP contribution in [0.4, 0.5) is 14.5 Å². The van der Waals surface area contributed by atoms with Crippen LogP contribution in [0.15, 0.2) is 12.1 Å². The molecule has 0 bridgehead atoms. The molecule has 0 radical (unpaired) electrons. The van der Waals surface area contributed by atoms with Crippen LogP contribution in [0.5, 0.6) is 0 Å². The van der Waals surface area contributed by atoms with E-state index in [4.69, 9.17) is 0 Å². The van der Waals surface area contributed by atoms with Crippen molar-refractivity contribution in [2.24, 2.45) is 0 Å². The highest BCUT2D eigenvalue weighted by Crippen LogP contribution is 2.47. The molecule has 1 aliphatic heterocycles. The largest absolute Gasteiger partial charge is 0.320 e. The van der Waals surface area contributed by atoms with Gasteiger partial charge in [-0.15, -0.1) is 0 Å². The predicted molar refractivity (Wildman–Crippen MR) is 87.8 cm³/mol. The number of carbonyl (C=O) groups is 1. The molecule has 1 aromatic carbocycles. The Kier molecular flexibility index (Phi) is 5.70. The highest BCUT2D eigenvalue weighted by Gasteiger charge is 2.51. The van der Waals surface area contributed by atoms with Crippen molar-refractivity contribution < 1.29 is 13.6 Å². The summed E-state index contributed by atoms with van der Waals surface area (Å²) in [7, 11) is 3.61. The van der Waals surface area contributed by atoms with E-state index in [-0.39, 0.29) is 5.91 Å². The molecule has 128 valence electrons. The van der Waals surface area contributed by atoms with Gasteiger partial charge in [-0.05, 0) is 52.5 Å². The molecule has 2 N–H and O–H groups in total. The van der Waals surface area contributed by atoms with Gasteiger partial charge in [0.15, 0.2) is 0 Å². The van der Waals surface area contributed by atoms with Gasteiger partial charge >= 0.3 is 0 Å². The fourth-order valence-corrected chi connectivity index (χ4v) is 3.43. The molecule has 6 heteroatoms. The third-order valence-electron chi connectivity index (χ3n) is 4.51. The molecule has 0 spiro atoms. The van der Waals surface area contributed by atoms with Crippen molar-refractivity contribution in [1.29, 1.82) is 0 Å². The molecule has 4 nitrogen and oxygen atoms in total. The van der Waals surface area contributed by atoms with E-state index >= 15 is 0 Å². The van der Waals surface area contributed by atoms with Crippen LogP contribution in [-0.2, 0) is 10.2 Å². The number of carbonyl (C=O) groups excluding carboxylic acids is 1. The summed E-state index contributed by atoms with van der Waals surface area (Å²) in [4.78, 5) is 14.7. The third-order valence-corrected chi connectivity index (χ3v) is 4.51. The second kappa shape index (κ2) is 7.36. The first-order chi connectivity index (χ1) is 11.0. The normalized spacial score (nSPS) is 16.0. The zero-order valence-electron chi connectivity index (χ0n) is 14.0. The Morgan fingerprint density at radius 2 is 1.74 bits per heavy atom. The molecule has 0 unspecified atom stereocenters. The van der Waals surface area contributed by atoms with E-state index in [1.807, 2.05) is 6.92 Å². The maximum Gasteiger partial charge on any atom is 0.237 e. The molecular weight excluding hydrogens is 300 g/mol. The first-order valence-electron chi connectivity index (χ1n) is 8.12. The number of benzene rings is 1. The van der Waals surface area contributed by atoms with E-state index in [0.717, 1.165) is 12.5 Å². The van der Waals surface area contributed by atoms with Gasteiger partial charge in [-0.3, -0.25) is 4.79 Å². The molecule has 0 saturated heterocycles. The topological polar surface area (TPSA) is 44.4 Å². The average molecular weight is 325 g/mol. The monoisotopic (exact) mass is 325 g/mol. The molecule has 23 heavy (non-hydrogen) atoms. The Labute approximate surface area is 136 Å². The van der Waals surface area contributed by atoms with Gasteiger partial charge in [0.2, 0.25) is 5.91 Å². The number of halogens is 2. The fraction of sp³-hybridized carbons (Fsp3) is 0.588. The Morgan fingerprint density at radius 1 is 1.13 bits per heavy atom. The van der Waals surface area contributed by atoms with Crippen LogP contribution >= 0.6 is 0 Å². The molecule has 1 amide bonds. The SMILES string of the molecule is CCCN1C(=O)C(CCNC)(CCNC)c2c(F)cc(F)cc21. The van der Waals surface area contributed by atoms with Crippen LogP contribution in [-0.4, -0.2) is 39.6 Å². The molecule has 2 rings (SSSR count). The summed E-state index contributed by atoms with van der Waals surface area (Å²) in [6, 6.07) is 2.17. The lowest BCUT2D eigenvalue weighted by Gasteiger charge is -2.29. The fourth-order valence-electron chi connectivity index (χ4n) is 3.43. The highest BCUT2D eigenvalue weighted by atomic mass is 19.1. The minimum Gasteiger partial charge on any atom is -0.320 e. The third kappa shape index (κ3) is 3.10. The van der Waals surface area contributed by atoms with Crippen LogP contribution in [0.3, 0.4) is 0 Å². The number of nitrogens with zero attached hydrogens (tertiary/aromatic N) is 1. The van der Waals surface area contributed by atoms with E-state index < -0.39 is 17.0 Å². The standard InChI is InChI=1S/C17H25F2N3O/c1-4-9-22-14-11-12(18)10-13(19)15(14)17(16(22)23,5-7-20-2)6-8-21-3/h10-11,20-21H,4-9H2,1-3H3. The molecule has 0 atom stereocenters. The van der Waals surface area contributed by atoms with Gasteiger partial charge in [-0.1, -0.05) is 6.92 Å². The molecule has 0 aliphatic carbocycles. The van der Waals surface area contributed by atoms with Crippen molar-refractivity contribution in [3.05, 3.63) is 29.3 Å². The van der Waals surface area contributed by atoms with E-state index in [1.54, 1.807) is 19.0 Å². The number of amides is 1. The summed E-state index contributed by atoms with van der Waals surface area (Å²) in [5.41, 5.74) is -0.196. The van der Waals surface area contributed by atoms with Crippen LogP contribution in [0, 0.1) is 11.6 Å². The molecule has 1 aliphatic rings. The molecule has 1 heterocycles. The van der Waals surface area contributed by atoms with Crippen molar-refractivity contribution in [2.45, 2.75) is 31.6 Å². The number of anilines is 1. The van der Waals surface area contributed by atoms with E-state index in [2.05, 4.69) is 10.6 Å². The van der Waals surface area contributed by atoms with E-state index in [9.17, 15) is 13.6 Å². The van der Waals surface area contributed by atoms with Gasteiger partial charge in [0.05, 0.1) is 11.1 Å². The smallest absolute Gasteiger partial charge is 0.237 e. The summed E-state index contributed by atoms with van der Waals surface area (Å²) in [6.45, 7) is 3.59. The van der Waals surface area contributed by atoms with Crippen molar-refractivity contribution >= 4 is 11.6 Å². The zero-order valence-corrected chi connectivity index (χ0v) is 14.0. The Morgan fingerprint density at radius 3 is 2.26 bits per heavy atom.